The van der Waals surface area contributed by atoms with E-state index < -0.39 is 0 Å². The van der Waals surface area contributed by atoms with Crippen molar-refractivity contribution in [2.45, 2.75) is 27.2 Å². The van der Waals surface area contributed by atoms with Crippen LogP contribution in [-0.2, 0) is 7.05 Å². The van der Waals surface area contributed by atoms with E-state index in [-0.39, 0.29) is 11.5 Å². The number of aromatic nitrogens is 2. The molecule has 0 aliphatic carbocycles. The van der Waals surface area contributed by atoms with Crippen molar-refractivity contribution in [3.05, 3.63) is 40.3 Å². The van der Waals surface area contributed by atoms with E-state index in [1.807, 2.05) is 17.0 Å². The summed E-state index contributed by atoms with van der Waals surface area (Å²) in [6.07, 6.45) is 1.15. The number of hydrogen-bond acceptors (Lipinski definition) is 4. The van der Waals surface area contributed by atoms with Gasteiger partial charge in [0.2, 0.25) is 0 Å². The maximum atomic E-state index is 13.0. The summed E-state index contributed by atoms with van der Waals surface area (Å²) >= 11 is 0. The number of amides is 1. The lowest BCUT2D eigenvalue weighted by molar-refractivity contribution is 0.0617. The maximum absolute atomic E-state index is 13.0. The minimum absolute atomic E-state index is 0.0905. The second-order valence-corrected chi connectivity index (χ2v) is 8.27. The zero-order valence-electron chi connectivity index (χ0n) is 16.2. The van der Waals surface area contributed by atoms with Gasteiger partial charge in [0.25, 0.3) is 11.5 Å². The first-order valence-electron chi connectivity index (χ1n) is 9.24. The van der Waals surface area contributed by atoms with Gasteiger partial charge in [0, 0.05) is 38.6 Å². The maximum Gasteiger partial charge on any atom is 0.275 e. The van der Waals surface area contributed by atoms with Crippen LogP contribution in [0.4, 0.5) is 0 Å². The van der Waals surface area contributed by atoms with Gasteiger partial charge in [-0.2, -0.15) is 5.10 Å². The Kier molecular flexibility index (Phi) is 5.14. The molecule has 3 rings (SSSR count). The van der Waals surface area contributed by atoms with E-state index in [1.165, 1.54) is 4.68 Å². The lowest BCUT2D eigenvalue weighted by Crippen LogP contribution is -2.49. The van der Waals surface area contributed by atoms with Gasteiger partial charge in [0.1, 0.15) is 0 Å². The Morgan fingerprint density at radius 3 is 2.31 bits per heavy atom. The molecule has 6 nitrogen and oxygen atoms in total. The number of aryl methyl sites for hydroxylation is 1. The fraction of sp³-hybridized carbons (Fsp3) is 0.550. The van der Waals surface area contributed by atoms with Gasteiger partial charge in [-0.15, -0.1) is 0 Å². The van der Waals surface area contributed by atoms with Gasteiger partial charge in [0.05, 0.1) is 5.39 Å². The van der Waals surface area contributed by atoms with Crippen molar-refractivity contribution in [3.8, 4) is 0 Å². The summed E-state index contributed by atoms with van der Waals surface area (Å²) in [5.74, 6) is -0.0905. The van der Waals surface area contributed by atoms with Gasteiger partial charge >= 0.3 is 0 Å². The molecule has 0 spiro atoms. The van der Waals surface area contributed by atoms with Gasteiger partial charge in [-0.1, -0.05) is 39.0 Å². The quantitative estimate of drug-likeness (QED) is 0.845. The number of rotatable bonds is 3. The summed E-state index contributed by atoms with van der Waals surface area (Å²) in [4.78, 5) is 29.5. The largest absolute Gasteiger partial charge is 0.335 e. The van der Waals surface area contributed by atoms with Crippen LogP contribution in [0, 0.1) is 5.41 Å². The molecule has 1 fully saturated rings. The van der Waals surface area contributed by atoms with Crippen molar-refractivity contribution >= 4 is 16.7 Å². The molecule has 2 heterocycles. The molecule has 26 heavy (non-hydrogen) atoms. The second-order valence-electron chi connectivity index (χ2n) is 8.27. The first-order valence-corrected chi connectivity index (χ1v) is 9.24. The number of piperazine rings is 1. The van der Waals surface area contributed by atoms with Gasteiger partial charge in [-0.25, -0.2) is 4.68 Å². The van der Waals surface area contributed by atoms with E-state index in [0.29, 0.717) is 35.0 Å². The molecule has 6 heteroatoms. The topological polar surface area (TPSA) is 58.4 Å². The van der Waals surface area contributed by atoms with Crippen LogP contribution in [0.25, 0.3) is 10.8 Å². The van der Waals surface area contributed by atoms with Crippen LogP contribution < -0.4 is 5.56 Å². The second kappa shape index (κ2) is 7.19. The molecule has 1 aromatic carbocycles. The van der Waals surface area contributed by atoms with E-state index in [0.717, 1.165) is 26.1 Å². The molecular weight excluding hydrogens is 328 g/mol. The van der Waals surface area contributed by atoms with Crippen molar-refractivity contribution in [3.63, 3.8) is 0 Å². The van der Waals surface area contributed by atoms with Gasteiger partial charge in [-0.3, -0.25) is 14.5 Å². The molecule has 0 unspecified atom stereocenters. The monoisotopic (exact) mass is 356 g/mol. The first-order chi connectivity index (χ1) is 12.3. The van der Waals surface area contributed by atoms with E-state index >= 15 is 0 Å². The molecule has 0 bridgehead atoms. The van der Waals surface area contributed by atoms with Crippen LogP contribution >= 0.6 is 0 Å². The fourth-order valence-electron chi connectivity index (χ4n) is 3.28. The predicted octanol–water partition coefficient (Wildman–Crippen LogP) is 2.13. The number of nitrogens with zero attached hydrogens (tertiary/aromatic N) is 4. The van der Waals surface area contributed by atoms with Crippen molar-refractivity contribution in [2.75, 3.05) is 32.7 Å². The van der Waals surface area contributed by atoms with Crippen molar-refractivity contribution < 1.29 is 4.79 Å². The molecule has 0 atom stereocenters. The van der Waals surface area contributed by atoms with Crippen LogP contribution in [0.2, 0.25) is 0 Å². The highest BCUT2D eigenvalue weighted by molar-refractivity contribution is 6.04. The number of fused-ring (bicyclic) bond motifs is 1. The third-order valence-corrected chi connectivity index (χ3v) is 5.00. The standard InChI is InChI=1S/C20H28N4O2/c1-20(2,3)9-10-23-11-13-24(14-12-23)19(26)17-15-7-5-6-8-16(15)18(25)22(4)21-17/h5-8H,9-14H2,1-4H3. The lowest BCUT2D eigenvalue weighted by atomic mass is 9.92. The average molecular weight is 356 g/mol. The van der Waals surface area contributed by atoms with E-state index in [2.05, 4.69) is 30.8 Å². The first kappa shape index (κ1) is 18.6. The SMILES string of the molecule is Cn1nc(C(=O)N2CCN(CCC(C)(C)C)CC2)c2ccccc2c1=O. The number of carbonyl (C=O) groups is 1. The van der Waals surface area contributed by atoms with Gasteiger partial charge in [0.15, 0.2) is 5.69 Å². The summed E-state index contributed by atoms with van der Waals surface area (Å²) < 4.78 is 1.26. The number of hydrogen-bond donors (Lipinski definition) is 0. The normalized spacial score (nSPS) is 16.2. The smallest absolute Gasteiger partial charge is 0.275 e. The van der Waals surface area contributed by atoms with Crippen molar-refractivity contribution in [1.82, 2.24) is 19.6 Å². The molecule has 1 saturated heterocycles. The average Bonchev–Trinajstić information content (AvgIpc) is 2.62. The molecule has 2 aromatic rings. The number of carbonyl (C=O) groups excluding carboxylic acids is 1. The minimum Gasteiger partial charge on any atom is -0.335 e. The van der Waals surface area contributed by atoms with E-state index in [1.54, 1.807) is 19.2 Å². The Morgan fingerprint density at radius 1 is 1.08 bits per heavy atom. The molecule has 1 aliphatic heterocycles. The molecule has 0 N–H and O–H groups in total. The van der Waals surface area contributed by atoms with Crippen LogP contribution in [0.1, 0.15) is 37.7 Å². The van der Waals surface area contributed by atoms with Crippen molar-refractivity contribution in [1.29, 1.82) is 0 Å². The zero-order valence-corrected chi connectivity index (χ0v) is 16.2. The fourth-order valence-corrected chi connectivity index (χ4v) is 3.28. The summed E-state index contributed by atoms with van der Waals surface area (Å²) in [6.45, 7) is 11.0. The molecule has 1 aromatic heterocycles. The van der Waals surface area contributed by atoms with Crippen LogP contribution in [0.3, 0.4) is 0 Å². The highest BCUT2D eigenvalue weighted by atomic mass is 16.2. The van der Waals surface area contributed by atoms with Crippen LogP contribution in [0.15, 0.2) is 29.1 Å². The minimum atomic E-state index is -0.177. The predicted molar refractivity (Wildman–Crippen MR) is 103 cm³/mol. The van der Waals surface area contributed by atoms with Crippen molar-refractivity contribution in [2.24, 2.45) is 12.5 Å². The van der Waals surface area contributed by atoms with E-state index in [9.17, 15) is 9.59 Å². The van der Waals surface area contributed by atoms with Crippen LogP contribution in [-0.4, -0.2) is 58.2 Å². The third kappa shape index (κ3) is 3.96. The van der Waals surface area contributed by atoms with Gasteiger partial charge in [-0.05, 0) is 24.4 Å². The summed E-state index contributed by atoms with van der Waals surface area (Å²) in [5, 5.41) is 5.44. The molecule has 0 saturated carbocycles. The Balaban J connectivity index is 1.75. The zero-order chi connectivity index (χ0) is 18.9. The molecule has 1 aliphatic rings. The highest BCUT2D eigenvalue weighted by Crippen LogP contribution is 2.20. The summed E-state index contributed by atoms with van der Waals surface area (Å²) in [6, 6.07) is 7.20. The molecule has 0 radical (unpaired) electrons. The molecule has 140 valence electrons. The van der Waals surface area contributed by atoms with Gasteiger partial charge < -0.3 is 4.90 Å². The molecule has 1 amide bonds. The van der Waals surface area contributed by atoms with Crippen LogP contribution in [0.5, 0.6) is 0 Å². The third-order valence-electron chi connectivity index (χ3n) is 5.00. The summed E-state index contributed by atoms with van der Waals surface area (Å²) in [7, 11) is 1.59. The van der Waals surface area contributed by atoms with E-state index in [4.69, 9.17) is 0 Å². The Labute approximate surface area is 154 Å². The lowest BCUT2D eigenvalue weighted by Gasteiger charge is -2.35. The Bertz CT molecular complexity index is 858. The molecular formula is C20H28N4O2. The summed E-state index contributed by atoms with van der Waals surface area (Å²) in [5.41, 5.74) is 0.514. The Morgan fingerprint density at radius 2 is 1.69 bits per heavy atom. The highest BCUT2D eigenvalue weighted by Gasteiger charge is 2.26. The Hall–Kier alpha value is -2.21. The number of benzene rings is 1.